The number of rotatable bonds is 5. The predicted molar refractivity (Wildman–Crippen MR) is 89.6 cm³/mol. The van der Waals surface area contributed by atoms with Crippen LogP contribution in [-0.2, 0) is 5.75 Å². The van der Waals surface area contributed by atoms with Crippen LogP contribution in [-0.4, -0.2) is 14.8 Å². The van der Waals surface area contributed by atoms with Crippen LogP contribution in [0.5, 0.6) is 0 Å². The zero-order chi connectivity index (χ0) is 16.5. The summed E-state index contributed by atoms with van der Waals surface area (Å²) in [7, 11) is 0. The highest BCUT2D eigenvalue weighted by Crippen LogP contribution is 2.41. The van der Waals surface area contributed by atoms with E-state index < -0.39 is 0 Å². The van der Waals surface area contributed by atoms with Gasteiger partial charge in [-0.25, -0.2) is 8.78 Å². The molecule has 0 spiro atoms. The van der Waals surface area contributed by atoms with Gasteiger partial charge in [0.1, 0.15) is 11.6 Å². The van der Waals surface area contributed by atoms with Gasteiger partial charge in [-0.1, -0.05) is 36.0 Å². The Morgan fingerprint density at radius 2 is 1.75 bits per heavy atom. The molecule has 3 nitrogen and oxygen atoms in total. The van der Waals surface area contributed by atoms with E-state index in [1.807, 2.05) is 4.57 Å². The number of thioether (sulfide) groups is 1. The normalized spacial score (nSPS) is 14.1. The van der Waals surface area contributed by atoms with E-state index in [0.29, 0.717) is 23.2 Å². The van der Waals surface area contributed by atoms with E-state index in [2.05, 4.69) is 10.2 Å². The van der Waals surface area contributed by atoms with Crippen LogP contribution in [0.25, 0.3) is 11.4 Å². The largest absolute Gasteiger partial charge is 0.299 e. The predicted octanol–water partition coefficient (Wildman–Crippen LogP) is 4.85. The lowest BCUT2D eigenvalue weighted by atomic mass is 10.2. The maximum Gasteiger partial charge on any atom is 0.192 e. The molecule has 1 aliphatic rings. The molecule has 0 aliphatic heterocycles. The molecule has 1 aromatic heterocycles. The van der Waals surface area contributed by atoms with Crippen LogP contribution in [0.15, 0.2) is 53.7 Å². The smallest absolute Gasteiger partial charge is 0.192 e. The minimum absolute atomic E-state index is 0.244. The monoisotopic (exact) mass is 343 g/mol. The summed E-state index contributed by atoms with van der Waals surface area (Å²) in [5.41, 5.74) is 1.49. The van der Waals surface area contributed by atoms with Crippen molar-refractivity contribution in [2.45, 2.75) is 29.8 Å². The van der Waals surface area contributed by atoms with Crippen molar-refractivity contribution in [3.05, 3.63) is 65.7 Å². The molecular formula is C18H15F2N3S. The molecule has 0 radical (unpaired) electrons. The standard InChI is InChI=1S/C18H15F2N3S/c19-13-7-5-12(6-8-13)11-24-18-22-21-17(23(18)14-9-10-14)15-3-1-2-4-16(15)20/h1-8,14H,9-11H2. The van der Waals surface area contributed by atoms with Gasteiger partial charge in [0.2, 0.25) is 0 Å². The highest BCUT2D eigenvalue weighted by Gasteiger charge is 2.30. The lowest BCUT2D eigenvalue weighted by Gasteiger charge is -2.09. The Morgan fingerprint density at radius 3 is 2.46 bits per heavy atom. The molecule has 122 valence electrons. The summed E-state index contributed by atoms with van der Waals surface area (Å²) in [5, 5.41) is 9.27. The molecule has 4 rings (SSSR count). The number of hydrogen-bond donors (Lipinski definition) is 0. The summed E-state index contributed by atoms with van der Waals surface area (Å²) in [6.45, 7) is 0. The van der Waals surface area contributed by atoms with Crippen LogP contribution in [0.1, 0.15) is 24.4 Å². The first-order valence-electron chi connectivity index (χ1n) is 7.79. The highest BCUT2D eigenvalue weighted by molar-refractivity contribution is 7.98. The fourth-order valence-corrected chi connectivity index (χ4v) is 3.55. The molecule has 0 unspecified atom stereocenters. The van der Waals surface area contributed by atoms with Gasteiger partial charge in [-0.05, 0) is 42.7 Å². The number of nitrogens with zero attached hydrogens (tertiary/aromatic N) is 3. The third kappa shape index (κ3) is 3.06. The van der Waals surface area contributed by atoms with Crippen LogP contribution < -0.4 is 0 Å². The first kappa shape index (κ1) is 15.3. The van der Waals surface area contributed by atoms with Crippen molar-refractivity contribution in [2.75, 3.05) is 0 Å². The second-order valence-electron chi connectivity index (χ2n) is 5.80. The van der Waals surface area contributed by atoms with Crippen molar-refractivity contribution in [1.29, 1.82) is 0 Å². The van der Waals surface area contributed by atoms with Crippen LogP contribution in [0.2, 0.25) is 0 Å². The van der Waals surface area contributed by atoms with Crippen LogP contribution in [0.3, 0.4) is 0 Å². The van der Waals surface area contributed by atoms with Gasteiger partial charge in [-0.2, -0.15) is 0 Å². The summed E-state index contributed by atoms with van der Waals surface area (Å²) >= 11 is 1.54. The molecule has 1 aliphatic carbocycles. The molecule has 0 atom stereocenters. The first-order valence-corrected chi connectivity index (χ1v) is 8.78. The van der Waals surface area contributed by atoms with Crippen molar-refractivity contribution < 1.29 is 8.78 Å². The van der Waals surface area contributed by atoms with E-state index in [9.17, 15) is 8.78 Å². The van der Waals surface area contributed by atoms with Gasteiger partial charge in [0, 0.05) is 11.8 Å². The Bertz CT molecular complexity index is 857. The molecule has 0 N–H and O–H groups in total. The molecule has 24 heavy (non-hydrogen) atoms. The number of benzene rings is 2. The van der Waals surface area contributed by atoms with Gasteiger partial charge >= 0.3 is 0 Å². The lowest BCUT2D eigenvalue weighted by Crippen LogP contribution is -2.01. The first-order chi connectivity index (χ1) is 11.7. The molecule has 0 amide bonds. The fourth-order valence-electron chi connectivity index (χ4n) is 2.59. The SMILES string of the molecule is Fc1ccc(CSc2nnc(-c3ccccc3F)n2C2CC2)cc1. The molecule has 3 aromatic rings. The van der Waals surface area contributed by atoms with Crippen molar-refractivity contribution >= 4 is 11.8 Å². The summed E-state index contributed by atoms with van der Waals surface area (Å²) < 4.78 is 29.1. The Kier molecular flexibility index (Phi) is 4.06. The van der Waals surface area contributed by atoms with Crippen LogP contribution >= 0.6 is 11.8 Å². The number of aromatic nitrogens is 3. The maximum atomic E-state index is 14.1. The van der Waals surface area contributed by atoms with E-state index in [4.69, 9.17) is 0 Å². The van der Waals surface area contributed by atoms with E-state index >= 15 is 0 Å². The van der Waals surface area contributed by atoms with E-state index in [1.165, 1.54) is 18.2 Å². The van der Waals surface area contributed by atoms with Crippen LogP contribution in [0, 0.1) is 11.6 Å². The number of halogens is 2. The fraction of sp³-hybridized carbons (Fsp3) is 0.222. The molecule has 0 saturated heterocycles. The highest BCUT2D eigenvalue weighted by atomic mass is 32.2. The topological polar surface area (TPSA) is 30.7 Å². The number of hydrogen-bond acceptors (Lipinski definition) is 3. The van der Waals surface area contributed by atoms with Crippen molar-refractivity contribution in [3.63, 3.8) is 0 Å². The second kappa shape index (κ2) is 6.36. The average molecular weight is 343 g/mol. The average Bonchev–Trinajstić information content (AvgIpc) is 3.35. The quantitative estimate of drug-likeness (QED) is 0.621. The van der Waals surface area contributed by atoms with Crippen molar-refractivity contribution in [2.24, 2.45) is 0 Å². The van der Waals surface area contributed by atoms with Crippen molar-refractivity contribution in [1.82, 2.24) is 14.8 Å². The third-order valence-corrected chi connectivity index (χ3v) is 4.99. The maximum absolute atomic E-state index is 14.1. The van der Waals surface area contributed by atoms with Crippen molar-refractivity contribution in [3.8, 4) is 11.4 Å². The Morgan fingerprint density at radius 1 is 1.00 bits per heavy atom. The van der Waals surface area contributed by atoms with Gasteiger partial charge in [0.15, 0.2) is 11.0 Å². The van der Waals surface area contributed by atoms with E-state index in [-0.39, 0.29) is 11.6 Å². The summed E-state index contributed by atoms with van der Waals surface area (Å²) in [6, 6.07) is 13.4. The molecule has 1 saturated carbocycles. The minimum atomic E-state index is -0.290. The molecule has 6 heteroatoms. The van der Waals surface area contributed by atoms with Gasteiger partial charge in [-0.15, -0.1) is 10.2 Å². The molecule has 1 fully saturated rings. The Labute approximate surface area is 142 Å². The zero-order valence-corrected chi connectivity index (χ0v) is 13.6. The zero-order valence-electron chi connectivity index (χ0n) is 12.8. The minimum Gasteiger partial charge on any atom is -0.299 e. The summed E-state index contributed by atoms with van der Waals surface area (Å²) in [4.78, 5) is 0. The van der Waals surface area contributed by atoms with E-state index in [1.54, 1.807) is 42.1 Å². The molecular weight excluding hydrogens is 328 g/mol. The van der Waals surface area contributed by atoms with Crippen LogP contribution in [0.4, 0.5) is 8.78 Å². The summed E-state index contributed by atoms with van der Waals surface area (Å²) in [6.07, 6.45) is 2.12. The van der Waals surface area contributed by atoms with E-state index in [0.717, 1.165) is 23.6 Å². The Hall–Kier alpha value is -2.21. The van der Waals surface area contributed by atoms with Gasteiger partial charge in [0.05, 0.1) is 5.56 Å². The lowest BCUT2D eigenvalue weighted by molar-refractivity contribution is 0.622. The van der Waals surface area contributed by atoms with Gasteiger partial charge < -0.3 is 0 Å². The molecule has 0 bridgehead atoms. The molecule has 1 heterocycles. The Balaban J connectivity index is 1.62. The third-order valence-electron chi connectivity index (χ3n) is 3.97. The van der Waals surface area contributed by atoms with Gasteiger partial charge in [0.25, 0.3) is 0 Å². The molecule has 2 aromatic carbocycles. The summed E-state index contributed by atoms with van der Waals surface area (Å²) in [5.74, 6) is 0.716. The van der Waals surface area contributed by atoms with Gasteiger partial charge in [-0.3, -0.25) is 4.57 Å². The second-order valence-corrected chi connectivity index (χ2v) is 6.74.